The van der Waals surface area contributed by atoms with Gasteiger partial charge in [-0.05, 0) is 80.9 Å². The van der Waals surface area contributed by atoms with Crippen molar-refractivity contribution in [1.82, 2.24) is 9.47 Å². The molecule has 0 amide bonds. The Morgan fingerprint density at radius 1 is 1.03 bits per heavy atom. The highest BCUT2D eigenvalue weighted by Crippen LogP contribution is 2.39. The lowest BCUT2D eigenvalue weighted by Gasteiger charge is -2.41. The fourth-order valence-corrected chi connectivity index (χ4v) is 5.34. The first-order chi connectivity index (χ1) is 18.3. The summed E-state index contributed by atoms with van der Waals surface area (Å²) < 4.78 is 1.92. The molecular formula is C30H34N6OS. The second-order valence-electron chi connectivity index (χ2n) is 10.1. The lowest BCUT2D eigenvalue weighted by Crippen LogP contribution is -2.52. The van der Waals surface area contributed by atoms with Gasteiger partial charge in [0, 0.05) is 42.4 Å². The number of benzene rings is 3. The topological polar surface area (TPSA) is 68.4 Å². The molecule has 4 aromatic rings. The molecule has 0 saturated carbocycles. The van der Waals surface area contributed by atoms with Crippen molar-refractivity contribution >= 4 is 45.3 Å². The molecule has 1 saturated heterocycles. The van der Waals surface area contributed by atoms with Crippen LogP contribution in [-0.4, -0.2) is 45.4 Å². The number of fused-ring (bicyclic) bond motifs is 1. The van der Waals surface area contributed by atoms with Crippen LogP contribution in [0.25, 0.3) is 10.9 Å². The summed E-state index contributed by atoms with van der Waals surface area (Å²) in [7, 11) is 0. The molecule has 0 aliphatic carbocycles. The van der Waals surface area contributed by atoms with E-state index in [2.05, 4.69) is 76.4 Å². The summed E-state index contributed by atoms with van der Waals surface area (Å²) in [6.07, 6.45) is 0. The maximum absolute atomic E-state index is 11.3. The molecule has 1 unspecified atom stereocenters. The number of hydrogen-bond acceptors (Lipinski definition) is 5. The summed E-state index contributed by atoms with van der Waals surface area (Å²) in [6, 6.07) is 22.9. The van der Waals surface area contributed by atoms with Crippen molar-refractivity contribution in [2.75, 3.05) is 29.9 Å². The Morgan fingerprint density at radius 3 is 2.61 bits per heavy atom. The normalized spacial score (nSPS) is 16.4. The van der Waals surface area contributed by atoms with Crippen molar-refractivity contribution in [2.24, 2.45) is 10.2 Å². The Morgan fingerprint density at radius 2 is 1.82 bits per heavy atom. The highest BCUT2D eigenvalue weighted by molar-refractivity contribution is 7.80. The van der Waals surface area contributed by atoms with Gasteiger partial charge in [-0.3, -0.25) is 9.47 Å². The molecule has 1 aliphatic heterocycles. The number of azo groups is 1. The zero-order chi connectivity index (χ0) is 26.8. The van der Waals surface area contributed by atoms with Crippen molar-refractivity contribution in [3.8, 4) is 5.88 Å². The molecule has 0 spiro atoms. The molecule has 2 N–H and O–H groups in total. The molecule has 3 aromatic carbocycles. The van der Waals surface area contributed by atoms with Gasteiger partial charge in [-0.1, -0.05) is 42.5 Å². The molecule has 1 atom stereocenters. The Balaban J connectivity index is 1.34. The first-order valence-electron chi connectivity index (χ1n) is 13.0. The van der Waals surface area contributed by atoms with Gasteiger partial charge in [0.1, 0.15) is 0 Å². The van der Waals surface area contributed by atoms with Crippen LogP contribution in [0.15, 0.2) is 77.0 Å². The molecule has 1 aliphatic rings. The quantitative estimate of drug-likeness (QED) is 0.218. The smallest absolute Gasteiger partial charge is 0.221 e. The summed E-state index contributed by atoms with van der Waals surface area (Å²) in [6.45, 7) is 11.8. The third-order valence-electron chi connectivity index (χ3n) is 7.39. The van der Waals surface area contributed by atoms with Crippen LogP contribution >= 0.6 is 12.2 Å². The van der Waals surface area contributed by atoms with Gasteiger partial charge in [0.15, 0.2) is 5.69 Å². The molecule has 1 fully saturated rings. The van der Waals surface area contributed by atoms with Crippen molar-refractivity contribution in [3.63, 3.8) is 0 Å². The molecule has 7 nitrogen and oxygen atoms in total. The number of rotatable bonds is 5. The van der Waals surface area contributed by atoms with Gasteiger partial charge < -0.3 is 15.3 Å². The van der Waals surface area contributed by atoms with Crippen LogP contribution in [0.4, 0.5) is 17.1 Å². The highest BCUT2D eigenvalue weighted by Gasteiger charge is 2.26. The fourth-order valence-electron chi connectivity index (χ4n) is 5.19. The Kier molecular flexibility index (Phi) is 7.44. The van der Waals surface area contributed by atoms with Crippen molar-refractivity contribution in [1.29, 1.82) is 0 Å². The summed E-state index contributed by atoms with van der Waals surface area (Å²) >= 11 is 5.44. The molecule has 8 heteroatoms. The summed E-state index contributed by atoms with van der Waals surface area (Å²) in [5, 5.41) is 24.1. The Hall–Kier alpha value is -3.75. The number of aryl methyl sites for hydroxylation is 2. The van der Waals surface area contributed by atoms with E-state index in [0.29, 0.717) is 18.4 Å². The first-order valence-corrected chi connectivity index (χ1v) is 13.4. The number of anilines is 2. The number of thiocarbonyl (C=S) groups is 1. The van der Waals surface area contributed by atoms with Crippen molar-refractivity contribution in [3.05, 3.63) is 83.4 Å². The maximum Gasteiger partial charge on any atom is 0.221 e. The van der Waals surface area contributed by atoms with E-state index in [4.69, 9.17) is 12.2 Å². The monoisotopic (exact) mass is 526 g/mol. The second-order valence-corrected chi connectivity index (χ2v) is 10.5. The lowest BCUT2D eigenvalue weighted by atomic mass is 10.1. The van der Waals surface area contributed by atoms with E-state index in [1.807, 2.05) is 47.9 Å². The van der Waals surface area contributed by atoms with Crippen LogP contribution in [0.3, 0.4) is 0 Å². The molecule has 2 heterocycles. The zero-order valence-corrected chi connectivity index (χ0v) is 23.2. The Bertz CT molecular complexity index is 1510. The van der Waals surface area contributed by atoms with Crippen LogP contribution in [0.5, 0.6) is 5.88 Å². The van der Waals surface area contributed by atoms with E-state index < -0.39 is 0 Å². The van der Waals surface area contributed by atoms with Crippen LogP contribution < -0.4 is 10.2 Å². The zero-order valence-electron chi connectivity index (χ0n) is 22.3. The van der Waals surface area contributed by atoms with E-state index in [0.717, 1.165) is 41.8 Å². The molecule has 0 bridgehead atoms. The Labute approximate surface area is 229 Å². The number of para-hydroxylation sites is 1. The summed E-state index contributed by atoms with van der Waals surface area (Å²) in [5.41, 5.74) is 7.06. The summed E-state index contributed by atoms with van der Waals surface area (Å²) in [4.78, 5) is 4.83. The number of nitrogens with zero attached hydrogens (tertiary/aromatic N) is 5. The third-order valence-corrected chi connectivity index (χ3v) is 7.57. The minimum Gasteiger partial charge on any atom is -0.493 e. The molecule has 196 valence electrons. The van der Waals surface area contributed by atoms with Gasteiger partial charge in [-0.15, -0.1) is 10.2 Å². The van der Waals surface area contributed by atoms with E-state index in [1.165, 1.54) is 16.8 Å². The number of piperazine rings is 1. The molecule has 38 heavy (non-hydrogen) atoms. The van der Waals surface area contributed by atoms with Gasteiger partial charge >= 0.3 is 0 Å². The van der Waals surface area contributed by atoms with Gasteiger partial charge in [0.25, 0.3) is 0 Å². The number of aromatic nitrogens is 1. The van der Waals surface area contributed by atoms with Gasteiger partial charge in [0.05, 0.1) is 12.2 Å². The minimum atomic E-state index is 0.0956. The molecular weight excluding hydrogens is 492 g/mol. The van der Waals surface area contributed by atoms with Crippen molar-refractivity contribution < 1.29 is 5.11 Å². The standard InChI is InChI=1S/C30H34N6OS/c1-20-9-7-11-24(17-20)35-16-15-34(18-22(35)3)19-36-27-14-6-5-12-25(27)28(29(36)37)32-33-30(38)31-26-13-8-10-21(2)23(26)4/h5-14,17,22,37H,15-16,18-19H2,1-4H3,(H,31,38). The van der Waals surface area contributed by atoms with E-state index >= 15 is 0 Å². The lowest BCUT2D eigenvalue weighted by molar-refractivity contribution is 0.179. The van der Waals surface area contributed by atoms with Crippen LogP contribution in [0.2, 0.25) is 0 Å². The van der Waals surface area contributed by atoms with Crippen molar-refractivity contribution in [2.45, 2.75) is 40.4 Å². The summed E-state index contributed by atoms with van der Waals surface area (Å²) in [5.74, 6) is 0.0956. The number of nitrogens with one attached hydrogen (secondary N) is 1. The van der Waals surface area contributed by atoms with Gasteiger partial charge in [-0.2, -0.15) is 0 Å². The third kappa shape index (κ3) is 5.28. The van der Waals surface area contributed by atoms with Gasteiger partial charge in [-0.25, -0.2) is 0 Å². The minimum absolute atomic E-state index is 0.0956. The maximum atomic E-state index is 11.3. The second kappa shape index (κ2) is 10.9. The number of aromatic hydroxyl groups is 1. The van der Waals surface area contributed by atoms with E-state index in [1.54, 1.807) is 0 Å². The van der Waals surface area contributed by atoms with E-state index in [9.17, 15) is 5.11 Å². The predicted octanol–water partition coefficient (Wildman–Crippen LogP) is 6.92. The average molecular weight is 527 g/mol. The largest absolute Gasteiger partial charge is 0.493 e. The SMILES string of the molecule is Cc1cccc(N2CCN(Cn3c(O)c(N=NC(=S)Nc4cccc(C)c4C)c4ccccc43)CC2C)c1. The predicted molar refractivity (Wildman–Crippen MR) is 160 cm³/mol. The van der Waals surface area contributed by atoms with Crippen LogP contribution in [0.1, 0.15) is 23.6 Å². The fraction of sp³-hybridized carbons (Fsp3) is 0.300. The van der Waals surface area contributed by atoms with Crippen LogP contribution in [-0.2, 0) is 6.67 Å². The van der Waals surface area contributed by atoms with E-state index in [-0.39, 0.29) is 11.0 Å². The van der Waals surface area contributed by atoms with Gasteiger partial charge in [0.2, 0.25) is 11.0 Å². The highest BCUT2D eigenvalue weighted by atomic mass is 32.1. The van der Waals surface area contributed by atoms with Crippen LogP contribution in [0, 0.1) is 20.8 Å². The molecule has 1 aromatic heterocycles. The molecule has 5 rings (SSSR count). The first kappa shape index (κ1) is 25.9. The molecule has 0 radical (unpaired) electrons. The average Bonchev–Trinajstić information content (AvgIpc) is 3.16. The number of hydrogen-bond donors (Lipinski definition) is 2.